The van der Waals surface area contributed by atoms with Crippen molar-refractivity contribution in [2.45, 2.75) is 30.3 Å². The van der Waals surface area contributed by atoms with Crippen LogP contribution in [-0.4, -0.2) is 33.6 Å². The molecule has 2 aromatic carbocycles. The fraction of sp³-hybridized carbons (Fsp3) is 0.316. The zero-order valence-corrected chi connectivity index (χ0v) is 15.3. The zero-order valence-electron chi connectivity index (χ0n) is 14.5. The van der Waals surface area contributed by atoms with Gasteiger partial charge in [0.1, 0.15) is 11.9 Å². The Morgan fingerprint density at radius 1 is 1.19 bits per heavy atom. The van der Waals surface area contributed by atoms with E-state index < -0.39 is 21.9 Å². The molecule has 1 saturated heterocycles. The second-order valence-electron chi connectivity index (χ2n) is 6.64. The standard InChI is InChI=1S/C19H19FN2O4S/c20-14-4-7-16(8-5-14)27(24,25)21-15-6-3-13-9-10-22(17(13)12-15)19(23)18-2-1-11-26-18/h3-8,12,18,21H,1-2,9-11H2/t18-/m1/s1. The molecule has 0 radical (unpaired) electrons. The zero-order chi connectivity index (χ0) is 19.0. The Kier molecular flexibility index (Phi) is 4.61. The van der Waals surface area contributed by atoms with Crippen LogP contribution in [0.5, 0.6) is 0 Å². The Balaban J connectivity index is 1.58. The van der Waals surface area contributed by atoms with E-state index in [1.54, 1.807) is 17.0 Å². The second-order valence-corrected chi connectivity index (χ2v) is 8.33. The molecule has 1 amide bonds. The average molecular weight is 390 g/mol. The summed E-state index contributed by atoms with van der Waals surface area (Å²) in [6, 6.07) is 9.76. The van der Waals surface area contributed by atoms with Gasteiger partial charge in [0.25, 0.3) is 15.9 Å². The molecular formula is C19H19FN2O4S. The van der Waals surface area contributed by atoms with Crippen LogP contribution in [0.2, 0.25) is 0 Å². The van der Waals surface area contributed by atoms with Crippen LogP contribution in [0.4, 0.5) is 15.8 Å². The largest absolute Gasteiger partial charge is 0.368 e. The highest BCUT2D eigenvalue weighted by Gasteiger charge is 2.33. The minimum Gasteiger partial charge on any atom is -0.368 e. The number of benzene rings is 2. The van der Waals surface area contributed by atoms with E-state index in [0.717, 1.165) is 30.5 Å². The van der Waals surface area contributed by atoms with Crippen LogP contribution in [0.15, 0.2) is 47.4 Å². The third-order valence-electron chi connectivity index (χ3n) is 4.83. The van der Waals surface area contributed by atoms with Crippen LogP contribution in [-0.2, 0) is 26.0 Å². The van der Waals surface area contributed by atoms with Crippen molar-refractivity contribution in [2.24, 2.45) is 0 Å². The van der Waals surface area contributed by atoms with Crippen molar-refractivity contribution >= 4 is 27.3 Å². The minimum absolute atomic E-state index is 0.0308. The molecule has 2 aliphatic rings. The van der Waals surface area contributed by atoms with Gasteiger partial charge in [-0.2, -0.15) is 0 Å². The Labute approximate surface area is 157 Å². The van der Waals surface area contributed by atoms with Crippen molar-refractivity contribution in [3.63, 3.8) is 0 Å². The van der Waals surface area contributed by atoms with E-state index >= 15 is 0 Å². The molecule has 0 aromatic heterocycles. The molecule has 6 nitrogen and oxygen atoms in total. The number of fused-ring (bicyclic) bond motifs is 1. The Hall–Kier alpha value is -2.45. The lowest BCUT2D eigenvalue weighted by Crippen LogP contribution is -2.37. The van der Waals surface area contributed by atoms with Crippen molar-refractivity contribution in [3.05, 3.63) is 53.8 Å². The number of hydrogen-bond donors (Lipinski definition) is 1. The number of nitrogens with one attached hydrogen (secondary N) is 1. The average Bonchev–Trinajstić information content (AvgIpc) is 3.31. The van der Waals surface area contributed by atoms with Crippen LogP contribution in [0.1, 0.15) is 18.4 Å². The van der Waals surface area contributed by atoms with E-state index in [1.807, 2.05) is 6.07 Å². The molecule has 27 heavy (non-hydrogen) atoms. The molecule has 1 atom stereocenters. The maximum Gasteiger partial charge on any atom is 0.261 e. The van der Waals surface area contributed by atoms with Crippen LogP contribution in [0.25, 0.3) is 0 Å². The summed E-state index contributed by atoms with van der Waals surface area (Å²) in [5.74, 6) is -0.584. The van der Waals surface area contributed by atoms with Gasteiger partial charge in [-0.1, -0.05) is 6.07 Å². The fourth-order valence-electron chi connectivity index (χ4n) is 3.45. The van der Waals surface area contributed by atoms with E-state index in [2.05, 4.69) is 4.72 Å². The van der Waals surface area contributed by atoms with E-state index in [1.165, 1.54) is 12.1 Å². The minimum atomic E-state index is -3.85. The highest BCUT2D eigenvalue weighted by Crippen LogP contribution is 2.33. The van der Waals surface area contributed by atoms with Gasteiger partial charge in [-0.15, -0.1) is 0 Å². The van der Waals surface area contributed by atoms with Crippen molar-refractivity contribution in [1.29, 1.82) is 0 Å². The van der Waals surface area contributed by atoms with Gasteiger partial charge >= 0.3 is 0 Å². The number of carbonyl (C=O) groups excluding carboxylic acids is 1. The van der Waals surface area contributed by atoms with Crippen LogP contribution >= 0.6 is 0 Å². The summed E-state index contributed by atoms with van der Waals surface area (Å²) in [7, 11) is -3.85. The molecule has 0 unspecified atom stereocenters. The summed E-state index contributed by atoms with van der Waals surface area (Å²) in [6.07, 6.45) is 1.88. The normalized spacial score (nSPS) is 19.1. The molecule has 0 spiro atoms. The first kappa shape index (κ1) is 17.9. The van der Waals surface area contributed by atoms with E-state index in [9.17, 15) is 17.6 Å². The number of hydrogen-bond acceptors (Lipinski definition) is 4. The molecule has 8 heteroatoms. The van der Waals surface area contributed by atoms with Crippen molar-refractivity contribution in [1.82, 2.24) is 0 Å². The second kappa shape index (κ2) is 6.94. The molecule has 2 aromatic rings. The number of rotatable bonds is 4. The van der Waals surface area contributed by atoms with Crippen molar-refractivity contribution in [3.8, 4) is 0 Å². The van der Waals surface area contributed by atoms with Gasteiger partial charge in [0.2, 0.25) is 0 Å². The first-order chi connectivity index (χ1) is 12.9. The van der Waals surface area contributed by atoms with Gasteiger partial charge in [-0.3, -0.25) is 9.52 Å². The smallest absolute Gasteiger partial charge is 0.261 e. The first-order valence-corrected chi connectivity index (χ1v) is 10.3. The summed E-state index contributed by atoms with van der Waals surface area (Å²) in [5.41, 5.74) is 2.05. The monoisotopic (exact) mass is 390 g/mol. The number of sulfonamides is 1. The summed E-state index contributed by atoms with van der Waals surface area (Å²) >= 11 is 0. The molecule has 1 N–H and O–H groups in total. The van der Waals surface area contributed by atoms with E-state index in [-0.39, 0.29) is 10.8 Å². The topological polar surface area (TPSA) is 75.7 Å². The molecule has 2 aliphatic heterocycles. The Bertz CT molecular complexity index is 970. The molecule has 0 bridgehead atoms. The summed E-state index contributed by atoms with van der Waals surface area (Å²) in [4.78, 5) is 14.3. The highest BCUT2D eigenvalue weighted by molar-refractivity contribution is 7.92. The van der Waals surface area contributed by atoms with Gasteiger partial charge in [0.05, 0.1) is 10.6 Å². The molecular weight excluding hydrogens is 371 g/mol. The number of carbonyl (C=O) groups is 1. The Morgan fingerprint density at radius 3 is 2.67 bits per heavy atom. The van der Waals surface area contributed by atoms with Crippen molar-refractivity contribution < 1.29 is 22.3 Å². The van der Waals surface area contributed by atoms with E-state index in [0.29, 0.717) is 30.9 Å². The lowest BCUT2D eigenvalue weighted by molar-refractivity contribution is -0.127. The van der Waals surface area contributed by atoms with Crippen LogP contribution in [0, 0.1) is 5.82 Å². The van der Waals surface area contributed by atoms with Crippen molar-refractivity contribution in [2.75, 3.05) is 22.8 Å². The summed E-state index contributed by atoms with van der Waals surface area (Å²) < 4.78 is 46.0. The number of amides is 1. The van der Waals surface area contributed by atoms with Gasteiger partial charge in [0, 0.05) is 18.8 Å². The molecule has 0 aliphatic carbocycles. The molecule has 2 heterocycles. The van der Waals surface area contributed by atoms with E-state index in [4.69, 9.17) is 4.74 Å². The number of nitrogens with zero attached hydrogens (tertiary/aromatic N) is 1. The van der Waals surface area contributed by atoms with Gasteiger partial charge in [-0.25, -0.2) is 12.8 Å². The highest BCUT2D eigenvalue weighted by atomic mass is 32.2. The maximum atomic E-state index is 13.0. The third kappa shape index (κ3) is 3.54. The molecule has 1 fully saturated rings. The van der Waals surface area contributed by atoms with Crippen LogP contribution in [0.3, 0.4) is 0 Å². The molecule has 4 rings (SSSR count). The maximum absolute atomic E-state index is 13.0. The van der Waals surface area contributed by atoms with Gasteiger partial charge in [0.15, 0.2) is 0 Å². The quantitative estimate of drug-likeness (QED) is 0.871. The predicted octanol–water partition coefficient (Wildman–Crippen LogP) is 2.69. The first-order valence-electron chi connectivity index (χ1n) is 8.78. The lowest BCUT2D eigenvalue weighted by Gasteiger charge is -2.21. The summed E-state index contributed by atoms with van der Waals surface area (Å²) in [5, 5.41) is 0. The number of anilines is 2. The van der Waals surface area contributed by atoms with Gasteiger partial charge in [-0.05, 0) is 61.2 Å². The number of halogens is 1. The predicted molar refractivity (Wildman–Crippen MR) is 98.7 cm³/mol. The number of ether oxygens (including phenoxy) is 1. The van der Waals surface area contributed by atoms with Crippen LogP contribution < -0.4 is 9.62 Å². The third-order valence-corrected chi connectivity index (χ3v) is 6.23. The Morgan fingerprint density at radius 2 is 1.96 bits per heavy atom. The molecule has 142 valence electrons. The molecule has 0 saturated carbocycles. The lowest BCUT2D eigenvalue weighted by atomic mass is 10.1. The summed E-state index contributed by atoms with van der Waals surface area (Å²) in [6.45, 7) is 1.15. The van der Waals surface area contributed by atoms with Gasteiger partial charge < -0.3 is 9.64 Å². The SMILES string of the molecule is O=C([C@H]1CCCO1)N1CCc2ccc(NS(=O)(=O)c3ccc(F)cc3)cc21. The fourth-order valence-corrected chi connectivity index (χ4v) is 4.50.